The summed E-state index contributed by atoms with van der Waals surface area (Å²) in [6.45, 7) is 5.06. The number of rotatable bonds is 4. The molecule has 0 amide bonds. The van der Waals surface area contributed by atoms with Crippen LogP contribution in [0.4, 0.5) is 0 Å². The number of hydrogen-bond acceptors (Lipinski definition) is 2. The molecular weight excluding hydrogens is 222 g/mol. The van der Waals surface area contributed by atoms with Crippen LogP contribution in [0.5, 0.6) is 0 Å². The van der Waals surface area contributed by atoms with Gasteiger partial charge in [0.1, 0.15) is 0 Å². The van der Waals surface area contributed by atoms with E-state index in [0.717, 1.165) is 17.8 Å². The molecule has 0 spiro atoms. The van der Waals surface area contributed by atoms with Crippen LogP contribution in [0.15, 0.2) is 0 Å². The van der Waals surface area contributed by atoms with Crippen LogP contribution < -0.4 is 5.73 Å². The minimum absolute atomic E-state index is 0.157. The van der Waals surface area contributed by atoms with Crippen molar-refractivity contribution in [1.82, 2.24) is 0 Å². The molecule has 2 heteroatoms. The summed E-state index contributed by atoms with van der Waals surface area (Å²) in [6, 6.07) is 0. The predicted molar refractivity (Wildman–Crippen MR) is 74.0 cm³/mol. The van der Waals surface area contributed by atoms with E-state index < -0.39 is 0 Å². The summed E-state index contributed by atoms with van der Waals surface area (Å²) in [5.74, 6) is 3.53. The lowest BCUT2D eigenvalue weighted by atomic mass is 9.47. The molecule has 104 valence electrons. The maximum atomic E-state index is 11.0. The average Bonchev–Trinajstić information content (AvgIpc) is 2.27. The third-order valence-corrected chi connectivity index (χ3v) is 6.25. The van der Waals surface area contributed by atoms with E-state index in [4.69, 9.17) is 5.73 Å². The van der Waals surface area contributed by atoms with Gasteiger partial charge in [-0.1, -0.05) is 13.8 Å². The minimum Gasteiger partial charge on any atom is -0.392 e. The summed E-state index contributed by atoms with van der Waals surface area (Å²) >= 11 is 0. The Balaban J connectivity index is 1.82. The molecular formula is C16H29NO. The standard InChI is InChI=1S/C16H29NO/c1-10(2)14(9-17)15(18)16-6-11-3-12(7-16)5-13(4-11)8-16/h10-15,18H,3-9,17H2,1-2H3. The lowest BCUT2D eigenvalue weighted by molar-refractivity contribution is -0.141. The fourth-order valence-corrected chi connectivity index (χ4v) is 5.76. The van der Waals surface area contributed by atoms with Gasteiger partial charge in [-0.25, -0.2) is 0 Å². The summed E-state index contributed by atoms with van der Waals surface area (Å²) in [5.41, 5.74) is 6.17. The minimum atomic E-state index is -0.157. The topological polar surface area (TPSA) is 46.2 Å². The summed E-state index contributed by atoms with van der Waals surface area (Å²) in [7, 11) is 0. The Labute approximate surface area is 111 Å². The van der Waals surface area contributed by atoms with Gasteiger partial charge in [0, 0.05) is 0 Å². The number of nitrogens with two attached hydrogens (primary N) is 1. The van der Waals surface area contributed by atoms with Crippen molar-refractivity contribution in [3.8, 4) is 0 Å². The zero-order valence-electron chi connectivity index (χ0n) is 11.9. The van der Waals surface area contributed by atoms with E-state index in [9.17, 15) is 5.11 Å². The lowest BCUT2D eigenvalue weighted by Crippen LogP contribution is -2.55. The highest BCUT2D eigenvalue weighted by molar-refractivity contribution is 5.05. The second-order valence-corrected chi connectivity index (χ2v) is 7.87. The molecule has 4 bridgehead atoms. The van der Waals surface area contributed by atoms with Gasteiger partial charge in [-0.2, -0.15) is 0 Å². The van der Waals surface area contributed by atoms with Gasteiger partial charge >= 0.3 is 0 Å². The first-order chi connectivity index (χ1) is 8.54. The van der Waals surface area contributed by atoms with E-state index in [0.29, 0.717) is 18.4 Å². The summed E-state index contributed by atoms with van der Waals surface area (Å²) in [6.07, 6.45) is 8.02. The van der Waals surface area contributed by atoms with Crippen molar-refractivity contribution in [2.45, 2.75) is 58.5 Å². The molecule has 18 heavy (non-hydrogen) atoms. The Hall–Kier alpha value is -0.0800. The quantitative estimate of drug-likeness (QED) is 0.807. The van der Waals surface area contributed by atoms with Gasteiger partial charge in [-0.15, -0.1) is 0 Å². The van der Waals surface area contributed by atoms with Crippen LogP contribution in [0.25, 0.3) is 0 Å². The summed E-state index contributed by atoms with van der Waals surface area (Å²) in [4.78, 5) is 0. The smallest absolute Gasteiger partial charge is 0.0639 e. The molecule has 2 atom stereocenters. The van der Waals surface area contributed by atoms with E-state index in [1.54, 1.807) is 0 Å². The van der Waals surface area contributed by atoms with Crippen molar-refractivity contribution in [3.63, 3.8) is 0 Å². The summed E-state index contributed by atoms with van der Waals surface area (Å²) < 4.78 is 0. The van der Waals surface area contributed by atoms with Crippen LogP contribution in [-0.2, 0) is 0 Å². The van der Waals surface area contributed by atoms with Crippen molar-refractivity contribution in [3.05, 3.63) is 0 Å². The third kappa shape index (κ3) is 1.92. The maximum Gasteiger partial charge on any atom is 0.0639 e. The largest absolute Gasteiger partial charge is 0.392 e. The number of aliphatic hydroxyl groups excluding tert-OH is 1. The van der Waals surface area contributed by atoms with Crippen molar-refractivity contribution in [1.29, 1.82) is 0 Å². The first-order valence-corrected chi connectivity index (χ1v) is 7.92. The van der Waals surface area contributed by atoms with Crippen molar-refractivity contribution >= 4 is 0 Å². The van der Waals surface area contributed by atoms with Gasteiger partial charge in [-0.05, 0) is 80.1 Å². The number of aliphatic hydroxyl groups is 1. The molecule has 4 rings (SSSR count). The molecule has 4 fully saturated rings. The highest BCUT2D eigenvalue weighted by Crippen LogP contribution is 2.62. The molecule has 2 unspecified atom stereocenters. The fraction of sp³-hybridized carbons (Fsp3) is 1.00. The Morgan fingerprint density at radius 3 is 1.83 bits per heavy atom. The van der Waals surface area contributed by atoms with Crippen molar-refractivity contribution < 1.29 is 5.11 Å². The first-order valence-electron chi connectivity index (χ1n) is 7.92. The van der Waals surface area contributed by atoms with E-state index >= 15 is 0 Å². The second-order valence-electron chi connectivity index (χ2n) is 7.87. The van der Waals surface area contributed by atoms with Crippen LogP contribution in [0.2, 0.25) is 0 Å². The molecule has 4 aliphatic rings. The molecule has 0 aromatic rings. The Bertz CT molecular complexity index is 277. The summed E-state index contributed by atoms with van der Waals surface area (Å²) in [5, 5.41) is 11.0. The molecule has 0 heterocycles. The van der Waals surface area contributed by atoms with Gasteiger partial charge in [0.05, 0.1) is 6.10 Å². The molecule has 2 nitrogen and oxygen atoms in total. The number of hydrogen-bond donors (Lipinski definition) is 2. The van der Waals surface area contributed by atoms with Gasteiger partial charge in [0.15, 0.2) is 0 Å². The first kappa shape index (κ1) is 12.9. The Kier molecular flexibility index (Phi) is 3.22. The normalized spacial score (nSPS) is 45.5. The average molecular weight is 251 g/mol. The molecule has 0 aromatic heterocycles. The van der Waals surface area contributed by atoms with Crippen LogP contribution in [-0.4, -0.2) is 17.8 Å². The van der Waals surface area contributed by atoms with Gasteiger partial charge in [-0.3, -0.25) is 0 Å². The van der Waals surface area contributed by atoms with E-state index in [-0.39, 0.29) is 11.5 Å². The molecule has 0 aromatic carbocycles. The lowest BCUT2D eigenvalue weighted by Gasteiger charge is -2.59. The van der Waals surface area contributed by atoms with Crippen LogP contribution in [0.3, 0.4) is 0 Å². The zero-order chi connectivity index (χ0) is 12.9. The molecule has 3 N–H and O–H groups in total. The highest BCUT2D eigenvalue weighted by Gasteiger charge is 2.55. The van der Waals surface area contributed by atoms with Crippen LogP contribution >= 0.6 is 0 Å². The fourth-order valence-electron chi connectivity index (χ4n) is 5.76. The third-order valence-electron chi connectivity index (χ3n) is 6.25. The second kappa shape index (κ2) is 4.49. The molecule has 4 aliphatic carbocycles. The predicted octanol–water partition coefficient (Wildman–Crippen LogP) is 2.79. The van der Waals surface area contributed by atoms with Gasteiger partial charge in [0.2, 0.25) is 0 Å². The van der Waals surface area contributed by atoms with Crippen molar-refractivity contribution in [2.75, 3.05) is 6.54 Å². The molecule has 0 aliphatic heterocycles. The van der Waals surface area contributed by atoms with Crippen molar-refractivity contribution in [2.24, 2.45) is 40.7 Å². The van der Waals surface area contributed by atoms with E-state index in [2.05, 4.69) is 13.8 Å². The zero-order valence-corrected chi connectivity index (χ0v) is 11.9. The van der Waals surface area contributed by atoms with Crippen LogP contribution in [0, 0.1) is 35.0 Å². The molecule has 0 saturated heterocycles. The van der Waals surface area contributed by atoms with Crippen LogP contribution in [0.1, 0.15) is 52.4 Å². The monoisotopic (exact) mass is 251 g/mol. The Morgan fingerprint density at radius 1 is 1.06 bits per heavy atom. The highest BCUT2D eigenvalue weighted by atomic mass is 16.3. The van der Waals surface area contributed by atoms with Gasteiger partial charge in [0.25, 0.3) is 0 Å². The van der Waals surface area contributed by atoms with E-state index in [1.807, 2.05) is 0 Å². The van der Waals surface area contributed by atoms with E-state index in [1.165, 1.54) is 38.5 Å². The molecule has 0 radical (unpaired) electrons. The molecule has 4 saturated carbocycles. The SMILES string of the molecule is CC(C)C(CN)C(O)C12CC3CC(CC(C3)C1)C2. The maximum absolute atomic E-state index is 11.0. The Morgan fingerprint density at radius 2 is 1.50 bits per heavy atom. The van der Waals surface area contributed by atoms with Gasteiger partial charge < -0.3 is 10.8 Å².